The molecular weight excluding hydrogens is 460 g/mol. The summed E-state index contributed by atoms with van der Waals surface area (Å²) < 4.78 is 12.9. The molecule has 0 fully saturated rings. The molecule has 1 N–H and O–H groups in total. The number of amides is 1. The number of thiophene rings is 1. The van der Waals surface area contributed by atoms with Crippen LogP contribution in [0.5, 0.6) is 5.75 Å². The lowest BCUT2D eigenvalue weighted by atomic mass is 10.2. The van der Waals surface area contributed by atoms with Gasteiger partial charge in [0, 0.05) is 11.4 Å². The van der Waals surface area contributed by atoms with Crippen molar-refractivity contribution in [3.8, 4) is 5.75 Å². The smallest absolute Gasteiger partial charge is 0.341 e. The lowest BCUT2D eigenvalue weighted by Crippen LogP contribution is -2.16. The molecular formula is C23H28N4O4S2. The molecule has 0 unspecified atom stereocenters. The highest BCUT2D eigenvalue weighted by molar-refractivity contribution is 7.99. The molecule has 2 aromatic heterocycles. The predicted molar refractivity (Wildman–Crippen MR) is 130 cm³/mol. The minimum atomic E-state index is -0.430. The SMILES string of the molecule is CCOC(=O)c1cc(CC)sc1NC(=O)CSc1nnc(COc2ccccc2C)n1CC. The first-order chi connectivity index (χ1) is 16.0. The molecule has 0 aliphatic heterocycles. The average molecular weight is 489 g/mol. The van der Waals surface area contributed by atoms with Crippen LogP contribution in [0.3, 0.4) is 0 Å². The Kier molecular flexibility index (Phi) is 8.90. The van der Waals surface area contributed by atoms with Crippen molar-refractivity contribution in [1.29, 1.82) is 0 Å². The van der Waals surface area contributed by atoms with Crippen molar-refractivity contribution in [2.45, 2.75) is 52.4 Å². The van der Waals surface area contributed by atoms with Crippen molar-refractivity contribution in [3.63, 3.8) is 0 Å². The number of hydrogen-bond acceptors (Lipinski definition) is 8. The number of benzene rings is 1. The number of aryl methyl sites for hydroxylation is 2. The zero-order chi connectivity index (χ0) is 23.8. The van der Waals surface area contributed by atoms with Crippen LogP contribution in [-0.4, -0.2) is 39.0 Å². The van der Waals surface area contributed by atoms with Gasteiger partial charge in [-0.25, -0.2) is 4.79 Å². The van der Waals surface area contributed by atoms with Gasteiger partial charge in [0.2, 0.25) is 5.91 Å². The Morgan fingerprint density at radius 2 is 1.97 bits per heavy atom. The maximum absolute atomic E-state index is 12.6. The molecule has 0 radical (unpaired) electrons. The third-order valence-corrected chi connectivity index (χ3v) is 6.93. The number of nitrogens with zero attached hydrogens (tertiary/aromatic N) is 3. The molecule has 3 aromatic rings. The number of rotatable bonds is 11. The van der Waals surface area contributed by atoms with Crippen molar-refractivity contribution in [1.82, 2.24) is 14.8 Å². The van der Waals surface area contributed by atoms with E-state index in [2.05, 4.69) is 15.5 Å². The van der Waals surface area contributed by atoms with Crippen molar-refractivity contribution in [2.75, 3.05) is 17.7 Å². The van der Waals surface area contributed by atoms with Gasteiger partial charge in [-0.05, 0) is 44.9 Å². The summed E-state index contributed by atoms with van der Waals surface area (Å²) in [4.78, 5) is 25.8. The lowest BCUT2D eigenvalue weighted by Gasteiger charge is -2.10. The Morgan fingerprint density at radius 1 is 1.18 bits per heavy atom. The van der Waals surface area contributed by atoms with Gasteiger partial charge >= 0.3 is 5.97 Å². The topological polar surface area (TPSA) is 95.3 Å². The molecule has 0 saturated heterocycles. The van der Waals surface area contributed by atoms with E-state index in [4.69, 9.17) is 9.47 Å². The minimum Gasteiger partial charge on any atom is -0.485 e. The number of ether oxygens (including phenoxy) is 2. The fourth-order valence-corrected chi connectivity index (χ4v) is 4.89. The molecule has 1 aromatic carbocycles. The molecule has 176 valence electrons. The van der Waals surface area contributed by atoms with Crippen LogP contribution in [0, 0.1) is 6.92 Å². The number of nitrogens with one attached hydrogen (secondary N) is 1. The zero-order valence-electron chi connectivity index (χ0n) is 19.2. The number of hydrogen-bond donors (Lipinski definition) is 1. The summed E-state index contributed by atoms with van der Waals surface area (Å²) in [6.07, 6.45) is 0.772. The number of para-hydroxylation sites is 1. The number of anilines is 1. The molecule has 0 bridgehead atoms. The molecule has 10 heteroatoms. The molecule has 0 spiro atoms. The van der Waals surface area contributed by atoms with E-state index in [1.165, 1.54) is 23.1 Å². The largest absolute Gasteiger partial charge is 0.485 e. The third-order valence-electron chi connectivity index (χ3n) is 4.77. The number of aromatic nitrogens is 3. The van der Waals surface area contributed by atoms with E-state index in [0.29, 0.717) is 28.1 Å². The van der Waals surface area contributed by atoms with Gasteiger partial charge in [0.25, 0.3) is 0 Å². The van der Waals surface area contributed by atoms with E-state index < -0.39 is 5.97 Å². The van der Waals surface area contributed by atoms with Crippen LogP contribution in [0.2, 0.25) is 0 Å². The van der Waals surface area contributed by atoms with Crippen molar-refractivity contribution < 1.29 is 19.1 Å². The molecule has 0 aliphatic carbocycles. The summed E-state index contributed by atoms with van der Waals surface area (Å²) >= 11 is 2.68. The summed E-state index contributed by atoms with van der Waals surface area (Å²) in [5, 5.41) is 12.5. The second kappa shape index (κ2) is 11.9. The second-order valence-electron chi connectivity index (χ2n) is 7.06. The molecule has 0 saturated carbocycles. The number of carbonyl (C=O) groups is 2. The van der Waals surface area contributed by atoms with E-state index in [1.807, 2.05) is 49.6 Å². The van der Waals surface area contributed by atoms with Crippen LogP contribution >= 0.6 is 23.1 Å². The van der Waals surface area contributed by atoms with Gasteiger partial charge in [-0.1, -0.05) is 36.9 Å². The monoisotopic (exact) mass is 488 g/mol. The Morgan fingerprint density at radius 3 is 2.67 bits per heavy atom. The number of thioether (sulfide) groups is 1. The molecule has 8 nitrogen and oxygen atoms in total. The van der Waals surface area contributed by atoms with E-state index in [9.17, 15) is 9.59 Å². The van der Waals surface area contributed by atoms with Gasteiger partial charge < -0.3 is 19.4 Å². The van der Waals surface area contributed by atoms with Gasteiger partial charge in [0.05, 0.1) is 17.9 Å². The average Bonchev–Trinajstić information content (AvgIpc) is 3.40. The molecule has 1 amide bonds. The van der Waals surface area contributed by atoms with Crippen LogP contribution in [0.4, 0.5) is 5.00 Å². The van der Waals surface area contributed by atoms with Crippen LogP contribution in [0.1, 0.15) is 47.4 Å². The van der Waals surface area contributed by atoms with Crippen molar-refractivity contribution in [3.05, 3.63) is 52.2 Å². The van der Waals surface area contributed by atoms with Gasteiger partial charge in [0.1, 0.15) is 17.4 Å². The van der Waals surface area contributed by atoms with E-state index >= 15 is 0 Å². The fraction of sp³-hybridized carbons (Fsp3) is 0.391. The predicted octanol–water partition coefficient (Wildman–Crippen LogP) is 4.72. The fourth-order valence-electron chi connectivity index (χ4n) is 3.07. The van der Waals surface area contributed by atoms with E-state index in [-0.39, 0.29) is 24.9 Å². The Hall–Kier alpha value is -2.85. The third kappa shape index (κ3) is 6.35. The van der Waals surface area contributed by atoms with Gasteiger partial charge in [-0.3, -0.25) is 4.79 Å². The quantitative estimate of drug-likeness (QED) is 0.308. The highest BCUT2D eigenvalue weighted by atomic mass is 32.2. The lowest BCUT2D eigenvalue weighted by molar-refractivity contribution is -0.113. The molecule has 0 aliphatic rings. The zero-order valence-corrected chi connectivity index (χ0v) is 20.8. The van der Waals surface area contributed by atoms with Crippen LogP contribution in [-0.2, 0) is 29.1 Å². The first kappa shape index (κ1) is 24.8. The van der Waals surface area contributed by atoms with E-state index in [0.717, 1.165) is 22.6 Å². The summed E-state index contributed by atoms with van der Waals surface area (Å²) in [6.45, 7) is 8.96. The summed E-state index contributed by atoms with van der Waals surface area (Å²) in [5.41, 5.74) is 1.44. The summed E-state index contributed by atoms with van der Waals surface area (Å²) in [7, 11) is 0. The van der Waals surface area contributed by atoms with Crippen LogP contribution < -0.4 is 10.1 Å². The normalized spacial score (nSPS) is 10.8. The maximum Gasteiger partial charge on any atom is 0.341 e. The molecule has 3 rings (SSSR count). The number of carbonyl (C=O) groups excluding carboxylic acids is 2. The van der Waals surface area contributed by atoms with Crippen LogP contribution in [0.15, 0.2) is 35.5 Å². The van der Waals surface area contributed by atoms with E-state index in [1.54, 1.807) is 13.0 Å². The van der Waals surface area contributed by atoms with Crippen molar-refractivity contribution in [2.24, 2.45) is 0 Å². The molecule has 0 atom stereocenters. The second-order valence-corrected chi connectivity index (χ2v) is 9.14. The van der Waals surface area contributed by atoms with Gasteiger partial charge in [0.15, 0.2) is 11.0 Å². The Balaban J connectivity index is 1.62. The standard InChI is InChI=1S/C23H28N4O4S2/c1-5-16-12-17(22(29)30-7-3)21(33-16)24-20(28)14-32-23-26-25-19(27(23)6-2)13-31-18-11-9-8-10-15(18)4/h8-12H,5-7,13-14H2,1-4H3,(H,24,28). The summed E-state index contributed by atoms with van der Waals surface area (Å²) in [6, 6.07) is 9.58. The van der Waals surface area contributed by atoms with Crippen molar-refractivity contribution >= 4 is 40.0 Å². The van der Waals surface area contributed by atoms with Gasteiger partial charge in [-0.2, -0.15) is 0 Å². The van der Waals surface area contributed by atoms with Crippen LogP contribution in [0.25, 0.3) is 0 Å². The first-order valence-electron chi connectivity index (χ1n) is 10.8. The molecule has 2 heterocycles. The number of esters is 1. The first-order valence-corrected chi connectivity index (χ1v) is 12.6. The Bertz CT molecular complexity index is 1110. The highest BCUT2D eigenvalue weighted by Gasteiger charge is 2.20. The van der Waals surface area contributed by atoms with Gasteiger partial charge in [-0.15, -0.1) is 21.5 Å². The Labute approximate surface area is 201 Å². The molecule has 33 heavy (non-hydrogen) atoms. The maximum atomic E-state index is 12.6. The highest BCUT2D eigenvalue weighted by Crippen LogP contribution is 2.30. The minimum absolute atomic E-state index is 0.137. The summed E-state index contributed by atoms with van der Waals surface area (Å²) in [5.74, 6) is 0.979.